The second kappa shape index (κ2) is 9.97. The Morgan fingerprint density at radius 2 is 1.97 bits per heavy atom. The number of aryl methyl sites for hydroxylation is 1. The van der Waals surface area contributed by atoms with Gasteiger partial charge in [0.15, 0.2) is 5.78 Å². The summed E-state index contributed by atoms with van der Waals surface area (Å²) < 4.78 is 44.0. The van der Waals surface area contributed by atoms with Crippen molar-refractivity contribution < 1.29 is 17.6 Å². The zero-order valence-electron chi connectivity index (χ0n) is 21.9. The number of piperidine rings is 1. The predicted octanol–water partition coefficient (Wildman–Crippen LogP) is 3.45. The van der Waals surface area contributed by atoms with Crippen molar-refractivity contribution in [2.45, 2.75) is 26.7 Å². The number of nitrogens with zero attached hydrogens (tertiary/aromatic N) is 5. The first-order chi connectivity index (χ1) is 18.6. The van der Waals surface area contributed by atoms with Gasteiger partial charge in [0.1, 0.15) is 16.4 Å². The lowest BCUT2D eigenvalue weighted by Gasteiger charge is -2.44. The van der Waals surface area contributed by atoms with Crippen molar-refractivity contribution in [2.24, 2.45) is 16.1 Å². The van der Waals surface area contributed by atoms with Crippen molar-refractivity contribution in [1.29, 1.82) is 0 Å². The van der Waals surface area contributed by atoms with E-state index in [-0.39, 0.29) is 47.4 Å². The molecule has 0 unspecified atom stereocenters. The number of hydrogen-bond donors (Lipinski definition) is 1. The maximum atomic E-state index is 14.3. The van der Waals surface area contributed by atoms with E-state index in [1.54, 1.807) is 48.3 Å². The Hall–Kier alpha value is -3.96. The molecule has 0 amide bonds. The predicted molar refractivity (Wildman–Crippen MR) is 147 cm³/mol. The van der Waals surface area contributed by atoms with E-state index < -0.39 is 15.4 Å². The highest BCUT2D eigenvalue weighted by Crippen LogP contribution is 2.47. The van der Waals surface area contributed by atoms with Crippen LogP contribution >= 0.6 is 0 Å². The number of fused-ring (bicyclic) bond motifs is 2. The third-order valence-corrected chi connectivity index (χ3v) is 9.47. The molecule has 0 radical (unpaired) electrons. The number of Topliss-reactive ketones (excluding diaryl/α,β-unsaturated/α-hetero) is 1. The van der Waals surface area contributed by atoms with E-state index in [0.717, 1.165) is 28.6 Å². The molecule has 2 N–H and O–H groups in total. The van der Waals surface area contributed by atoms with Gasteiger partial charge in [-0.15, -0.1) is 0 Å². The van der Waals surface area contributed by atoms with Gasteiger partial charge in [-0.1, -0.05) is 5.57 Å². The van der Waals surface area contributed by atoms with E-state index in [1.165, 1.54) is 23.5 Å². The Kier molecular flexibility index (Phi) is 6.81. The number of nitrogens with two attached hydrogens (primary N) is 1. The number of halogens is 1. The zero-order valence-corrected chi connectivity index (χ0v) is 22.7. The average Bonchev–Trinajstić information content (AvgIpc) is 3.33. The second-order valence-electron chi connectivity index (χ2n) is 9.85. The van der Waals surface area contributed by atoms with Gasteiger partial charge in [0.2, 0.25) is 10.0 Å². The summed E-state index contributed by atoms with van der Waals surface area (Å²) in [5, 5.41) is 4.53. The molecule has 11 heteroatoms. The maximum absolute atomic E-state index is 14.3. The maximum Gasteiger partial charge on any atom is 0.246 e. The molecular weight excluding hydrogens is 519 g/mol. The number of aromatic nitrogens is 3. The van der Waals surface area contributed by atoms with Crippen LogP contribution in [0.4, 0.5) is 4.39 Å². The highest BCUT2D eigenvalue weighted by molar-refractivity contribution is 7.94. The van der Waals surface area contributed by atoms with Crippen molar-refractivity contribution in [3.63, 3.8) is 0 Å². The molecule has 3 heterocycles. The van der Waals surface area contributed by atoms with Crippen LogP contribution in [0, 0.1) is 18.2 Å². The Balaban J connectivity index is 1.63. The van der Waals surface area contributed by atoms with E-state index in [2.05, 4.69) is 15.1 Å². The Labute approximate surface area is 226 Å². The largest absolute Gasteiger partial charge is 0.403 e. The van der Waals surface area contributed by atoms with Crippen molar-refractivity contribution in [3.8, 4) is 5.69 Å². The van der Waals surface area contributed by atoms with Gasteiger partial charge in [0.25, 0.3) is 0 Å². The molecule has 2 aromatic heterocycles. The van der Waals surface area contributed by atoms with Gasteiger partial charge in [-0.2, -0.15) is 9.40 Å². The Bertz CT molecular complexity index is 1660. The number of carbonyl (C=O) groups excluding carboxylic acids is 1. The number of carbonyl (C=O) groups is 1. The van der Waals surface area contributed by atoms with Crippen LogP contribution in [0.25, 0.3) is 11.8 Å². The van der Waals surface area contributed by atoms with Gasteiger partial charge >= 0.3 is 0 Å². The van der Waals surface area contributed by atoms with Crippen LogP contribution in [0.15, 0.2) is 70.5 Å². The summed E-state index contributed by atoms with van der Waals surface area (Å²) >= 11 is 0. The molecule has 3 aromatic rings. The molecule has 0 spiro atoms. The minimum atomic E-state index is -4.03. The molecule has 9 nitrogen and oxygen atoms in total. The Morgan fingerprint density at radius 1 is 1.23 bits per heavy atom. The fourth-order valence-electron chi connectivity index (χ4n) is 5.36. The third-order valence-electron chi connectivity index (χ3n) is 7.50. The molecule has 1 aliphatic heterocycles. The number of aliphatic imine (C=N–C) groups is 1. The van der Waals surface area contributed by atoms with Gasteiger partial charge in [-0.3, -0.25) is 14.8 Å². The van der Waals surface area contributed by atoms with Crippen LogP contribution in [0.1, 0.15) is 40.7 Å². The zero-order chi connectivity index (χ0) is 27.9. The Morgan fingerprint density at radius 3 is 2.64 bits per heavy atom. The summed E-state index contributed by atoms with van der Waals surface area (Å²) in [6.07, 6.45) is 6.79. The lowest BCUT2D eigenvalue weighted by molar-refractivity contribution is 0.0770. The number of sulfonamides is 1. The quantitative estimate of drug-likeness (QED) is 0.372. The van der Waals surface area contributed by atoms with Crippen LogP contribution in [-0.4, -0.2) is 59.1 Å². The second-order valence-corrected chi connectivity index (χ2v) is 11.8. The summed E-state index contributed by atoms with van der Waals surface area (Å²) in [5.41, 5.74) is 9.03. The van der Waals surface area contributed by atoms with E-state index in [4.69, 9.17) is 5.73 Å². The number of ketones is 1. The minimum Gasteiger partial charge on any atom is -0.403 e. The summed E-state index contributed by atoms with van der Waals surface area (Å²) in [6, 6.07) is 9.53. The van der Waals surface area contributed by atoms with E-state index in [1.807, 2.05) is 13.0 Å². The number of allylic oxidation sites excluding steroid dienone is 1. The molecule has 1 atom stereocenters. The standard InChI is InChI=1S/C28H29FN6O3S/c1-18-8-10-32-24(12-18)27(36)28-14-20-16-33-35(23-6-4-22(29)5-7-23)25(20)13-21(28)9-11-34(17-28)39(37,38)26(15-30)19(2)31-3/h4-8,10,12-13,15-16H,9,11,14,17,30H2,1-3H3/b26-15+,31-19?/t28-/m0/s1. The number of rotatable bonds is 6. The van der Waals surface area contributed by atoms with E-state index in [9.17, 15) is 17.6 Å². The van der Waals surface area contributed by atoms with Crippen LogP contribution < -0.4 is 5.73 Å². The highest BCUT2D eigenvalue weighted by atomic mass is 32.2. The lowest BCUT2D eigenvalue weighted by atomic mass is 9.65. The normalized spacial score (nSPS) is 20.3. The molecule has 2 aliphatic rings. The van der Waals surface area contributed by atoms with Crippen molar-refractivity contribution in [2.75, 3.05) is 20.1 Å². The van der Waals surface area contributed by atoms with Crippen LogP contribution in [0.2, 0.25) is 0 Å². The van der Waals surface area contributed by atoms with E-state index in [0.29, 0.717) is 12.1 Å². The molecular formula is C28H29FN6O3S. The third kappa shape index (κ3) is 4.51. The molecule has 1 aromatic carbocycles. The summed E-state index contributed by atoms with van der Waals surface area (Å²) in [5.74, 6) is -0.604. The number of hydrogen-bond acceptors (Lipinski definition) is 7. The van der Waals surface area contributed by atoms with Gasteiger partial charge in [0, 0.05) is 32.5 Å². The fraction of sp³-hybridized carbons (Fsp3) is 0.286. The van der Waals surface area contributed by atoms with Gasteiger partial charge < -0.3 is 5.73 Å². The van der Waals surface area contributed by atoms with Crippen LogP contribution in [0.5, 0.6) is 0 Å². The number of pyridine rings is 1. The first-order valence-corrected chi connectivity index (χ1v) is 13.9. The van der Waals surface area contributed by atoms with E-state index >= 15 is 0 Å². The lowest BCUT2D eigenvalue weighted by Crippen LogP contribution is -2.53. The minimum absolute atomic E-state index is 0.0782. The molecule has 0 saturated carbocycles. The molecule has 39 heavy (non-hydrogen) atoms. The van der Waals surface area contributed by atoms with Crippen LogP contribution in [-0.2, 0) is 16.4 Å². The highest BCUT2D eigenvalue weighted by Gasteiger charge is 2.51. The SMILES string of the molecule is CN=C(C)/C(=C\N)S(=O)(=O)N1CCC2=Cc3c(cnn3-c3ccc(F)cc3)C[C@]2(C(=O)c2cc(C)ccn2)C1. The molecule has 1 aliphatic carbocycles. The smallest absolute Gasteiger partial charge is 0.246 e. The molecule has 0 bridgehead atoms. The molecule has 1 saturated heterocycles. The first kappa shape index (κ1) is 26.6. The summed E-state index contributed by atoms with van der Waals surface area (Å²) in [6.45, 7) is 3.55. The summed E-state index contributed by atoms with van der Waals surface area (Å²) in [4.78, 5) is 22.6. The molecule has 202 valence electrons. The summed E-state index contributed by atoms with van der Waals surface area (Å²) in [7, 11) is -2.53. The number of benzene rings is 1. The fourth-order valence-corrected chi connectivity index (χ4v) is 6.99. The van der Waals surface area contributed by atoms with Crippen molar-refractivity contribution in [3.05, 3.63) is 93.8 Å². The first-order valence-electron chi connectivity index (χ1n) is 12.5. The van der Waals surface area contributed by atoms with Gasteiger partial charge in [0.05, 0.1) is 28.7 Å². The van der Waals surface area contributed by atoms with Crippen molar-refractivity contribution >= 4 is 27.6 Å². The molecule has 1 fully saturated rings. The topological polar surface area (TPSA) is 124 Å². The monoisotopic (exact) mass is 548 g/mol. The molecule has 5 rings (SSSR count). The average molecular weight is 549 g/mol. The van der Waals surface area contributed by atoms with Crippen LogP contribution in [0.3, 0.4) is 0 Å². The van der Waals surface area contributed by atoms with Gasteiger partial charge in [-0.05, 0) is 80.3 Å². The van der Waals surface area contributed by atoms with Gasteiger partial charge in [-0.25, -0.2) is 17.5 Å². The van der Waals surface area contributed by atoms with Crippen molar-refractivity contribution in [1.82, 2.24) is 19.1 Å².